The monoisotopic (exact) mass is 681 g/mol. The minimum Gasteiger partial charge on any atom is -0.508 e. The number of anilines is 1. The van der Waals surface area contributed by atoms with Crippen LogP contribution in [0.15, 0.2) is 121 Å². The summed E-state index contributed by atoms with van der Waals surface area (Å²) in [5.74, 6) is -5.03. The molecular weight excluding hydrogens is 650 g/mol. The molecule has 6 atom stereocenters. The summed E-state index contributed by atoms with van der Waals surface area (Å²) in [6, 6.07) is 29.4. The van der Waals surface area contributed by atoms with E-state index >= 15 is 4.79 Å². The molecule has 8 rings (SSSR count). The number of carbonyl (C=O) groups excluding carboxylic acids is 5. The van der Waals surface area contributed by atoms with Gasteiger partial charge in [-0.05, 0) is 84.8 Å². The largest absolute Gasteiger partial charge is 0.508 e. The minimum atomic E-state index is -1.42. The van der Waals surface area contributed by atoms with E-state index in [1.54, 1.807) is 42.5 Å². The van der Waals surface area contributed by atoms with E-state index in [9.17, 15) is 24.3 Å². The molecule has 0 bridgehead atoms. The van der Waals surface area contributed by atoms with Crippen molar-refractivity contribution in [1.29, 1.82) is 0 Å². The SMILES string of the molecule is CC(=O)c1ccc(N2C(=O)C3CC=C4C(CC5C(=O)C(c6ccccc6)=CC(=O)C5(c5ccccc5)C4c4ccc(O)cc4Cl)C3C2=O)cc1. The fourth-order valence-electron chi connectivity index (χ4n) is 9.07. The van der Waals surface area contributed by atoms with Crippen LogP contribution in [-0.2, 0) is 24.6 Å². The van der Waals surface area contributed by atoms with Crippen molar-refractivity contribution in [2.45, 2.75) is 31.1 Å². The fraction of sp³-hybridized carbons (Fsp3) is 0.214. The molecular formula is C42H32ClNO6. The van der Waals surface area contributed by atoms with E-state index in [-0.39, 0.29) is 52.8 Å². The molecule has 50 heavy (non-hydrogen) atoms. The number of benzene rings is 4. The molecule has 8 heteroatoms. The number of fused-ring (bicyclic) bond motifs is 4. The lowest BCUT2D eigenvalue weighted by Gasteiger charge is -2.55. The Morgan fingerprint density at radius 2 is 1.52 bits per heavy atom. The summed E-state index contributed by atoms with van der Waals surface area (Å²) >= 11 is 6.93. The van der Waals surface area contributed by atoms with Gasteiger partial charge in [0.1, 0.15) is 5.75 Å². The Kier molecular flexibility index (Phi) is 7.57. The maximum absolute atomic E-state index is 15.1. The van der Waals surface area contributed by atoms with Gasteiger partial charge in [-0.3, -0.25) is 28.9 Å². The van der Waals surface area contributed by atoms with Crippen LogP contribution >= 0.6 is 11.6 Å². The molecule has 1 N–H and O–H groups in total. The number of phenols is 1. The number of imide groups is 1. The Balaban J connectivity index is 1.34. The van der Waals surface area contributed by atoms with E-state index < -0.39 is 35.0 Å². The van der Waals surface area contributed by atoms with E-state index in [1.165, 1.54) is 30.0 Å². The number of allylic oxidation sites excluding steroid dienone is 4. The Morgan fingerprint density at radius 3 is 2.18 bits per heavy atom. The maximum Gasteiger partial charge on any atom is 0.238 e. The van der Waals surface area contributed by atoms with E-state index in [4.69, 9.17) is 11.6 Å². The summed E-state index contributed by atoms with van der Waals surface area (Å²) in [7, 11) is 0. The first-order valence-corrected chi connectivity index (χ1v) is 17.1. The van der Waals surface area contributed by atoms with Gasteiger partial charge in [0.25, 0.3) is 0 Å². The first kappa shape index (κ1) is 31.8. The molecule has 2 fully saturated rings. The molecule has 248 valence electrons. The second kappa shape index (κ2) is 11.9. The van der Waals surface area contributed by atoms with Crippen molar-refractivity contribution in [3.05, 3.63) is 148 Å². The first-order valence-electron chi connectivity index (χ1n) is 16.7. The number of carbonyl (C=O) groups is 5. The highest BCUT2D eigenvalue weighted by molar-refractivity contribution is 6.33. The number of Topliss-reactive ketones (excluding diaryl/α,β-unsaturated/α-hetero) is 2. The highest BCUT2D eigenvalue weighted by atomic mass is 35.5. The van der Waals surface area contributed by atoms with Gasteiger partial charge in [-0.25, -0.2) is 0 Å². The second-order valence-electron chi connectivity index (χ2n) is 13.6. The molecule has 3 aliphatic carbocycles. The summed E-state index contributed by atoms with van der Waals surface area (Å²) in [6.45, 7) is 1.45. The summed E-state index contributed by atoms with van der Waals surface area (Å²) < 4.78 is 0. The summed E-state index contributed by atoms with van der Waals surface area (Å²) in [5.41, 5.74) is 2.36. The minimum absolute atomic E-state index is 0.0468. The Morgan fingerprint density at radius 1 is 0.840 bits per heavy atom. The summed E-state index contributed by atoms with van der Waals surface area (Å²) in [4.78, 5) is 71.7. The van der Waals surface area contributed by atoms with Crippen LogP contribution in [-0.4, -0.2) is 34.3 Å². The van der Waals surface area contributed by atoms with Crippen LogP contribution in [0.2, 0.25) is 5.02 Å². The number of aromatic hydroxyl groups is 1. The molecule has 0 aromatic heterocycles. The molecule has 0 radical (unpaired) electrons. The normalized spacial score (nSPS) is 27.2. The van der Waals surface area contributed by atoms with Crippen molar-refractivity contribution >= 4 is 52.0 Å². The molecule has 2 amide bonds. The zero-order valence-electron chi connectivity index (χ0n) is 27.1. The van der Waals surface area contributed by atoms with Crippen LogP contribution in [0.3, 0.4) is 0 Å². The number of hydrogen-bond donors (Lipinski definition) is 1. The molecule has 4 aliphatic rings. The third kappa shape index (κ3) is 4.60. The second-order valence-corrected chi connectivity index (χ2v) is 14.0. The Labute approximate surface area is 293 Å². The predicted octanol–water partition coefficient (Wildman–Crippen LogP) is 7.28. The standard InChI is InChI=1S/C42H32ClNO6/c1-23(45)24-12-14-27(15-13-24)44-40(49)31-19-18-29-33(37(31)41(44)50)21-34-39(48)32(25-8-4-2-5-9-25)22-36(47)42(34,26-10-6-3-7-11-26)38(29)30-17-16-28(46)20-35(30)43/h2-18,20,22,31,33-34,37-38,46H,19,21H2,1H3. The van der Waals surface area contributed by atoms with Crippen molar-refractivity contribution in [2.24, 2.45) is 23.7 Å². The molecule has 4 aromatic rings. The number of amides is 2. The topological polar surface area (TPSA) is 109 Å². The van der Waals surface area contributed by atoms with E-state index in [0.29, 0.717) is 33.5 Å². The zero-order valence-corrected chi connectivity index (χ0v) is 27.8. The number of rotatable bonds is 5. The van der Waals surface area contributed by atoms with Gasteiger partial charge in [0.05, 0.1) is 22.9 Å². The number of phenolic OH excluding ortho intramolecular Hbond substituents is 1. The van der Waals surface area contributed by atoms with E-state index in [0.717, 1.165) is 5.57 Å². The van der Waals surface area contributed by atoms with Crippen LogP contribution in [0.5, 0.6) is 5.75 Å². The van der Waals surface area contributed by atoms with Crippen LogP contribution < -0.4 is 4.90 Å². The van der Waals surface area contributed by atoms with E-state index in [1.807, 2.05) is 54.6 Å². The van der Waals surface area contributed by atoms with Gasteiger partial charge >= 0.3 is 0 Å². The summed E-state index contributed by atoms with van der Waals surface area (Å²) in [5, 5.41) is 10.6. The number of hydrogen-bond acceptors (Lipinski definition) is 6. The number of ketones is 3. The van der Waals surface area contributed by atoms with Crippen LogP contribution in [0.1, 0.15) is 52.7 Å². The number of halogens is 1. The summed E-state index contributed by atoms with van der Waals surface area (Å²) in [6.07, 6.45) is 3.87. The number of nitrogens with zero attached hydrogens (tertiary/aromatic N) is 1. The Bertz CT molecular complexity index is 2170. The molecule has 1 saturated heterocycles. The maximum atomic E-state index is 15.1. The Hall–Kier alpha value is -5.40. The molecule has 1 heterocycles. The lowest BCUT2D eigenvalue weighted by molar-refractivity contribution is -0.135. The highest BCUT2D eigenvalue weighted by Gasteiger charge is 2.66. The van der Waals surface area contributed by atoms with Crippen molar-refractivity contribution in [3.8, 4) is 5.75 Å². The molecule has 1 saturated carbocycles. The van der Waals surface area contributed by atoms with Gasteiger partial charge < -0.3 is 5.11 Å². The predicted molar refractivity (Wildman–Crippen MR) is 189 cm³/mol. The molecule has 1 aliphatic heterocycles. The van der Waals surface area contributed by atoms with Gasteiger partial charge in [-0.2, -0.15) is 0 Å². The zero-order chi connectivity index (χ0) is 34.9. The van der Waals surface area contributed by atoms with E-state index in [2.05, 4.69) is 0 Å². The van der Waals surface area contributed by atoms with Crippen molar-refractivity contribution in [2.75, 3.05) is 4.90 Å². The lowest BCUT2D eigenvalue weighted by Crippen LogP contribution is -2.58. The lowest BCUT2D eigenvalue weighted by atomic mass is 9.44. The van der Waals surface area contributed by atoms with Gasteiger partial charge in [0.2, 0.25) is 11.8 Å². The van der Waals surface area contributed by atoms with Crippen LogP contribution in [0.4, 0.5) is 5.69 Å². The molecule has 0 spiro atoms. The third-order valence-electron chi connectivity index (χ3n) is 11.2. The average molecular weight is 682 g/mol. The van der Waals surface area contributed by atoms with Crippen molar-refractivity contribution < 1.29 is 29.1 Å². The van der Waals surface area contributed by atoms with Gasteiger partial charge in [0, 0.05) is 28.0 Å². The van der Waals surface area contributed by atoms with Crippen molar-refractivity contribution in [3.63, 3.8) is 0 Å². The highest BCUT2D eigenvalue weighted by Crippen LogP contribution is 2.64. The van der Waals surface area contributed by atoms with Crippen LogP contribution in [0, 0.1) is 23.7 Å². The molecule has 4 aromatic carbocycles. The quantitative estimate of drug-likeness (QED) is 0.135. The average Bonchev–Trinajstić information content (AvgIpc) is 3.38. The third-order valence-corrected chi connectivity index (χ3v) is 11.5. The molecule has 7 nitrogen and oxygen atoms in total. The van der Waals surface area contributed by atoms with Gasteiger partial charge in [-0.1, -0.05) is 90.0 Å². The van der Waals surface area contributed by atoms with Crippen LogP contribution in [0.25, 0.3) is 5.57 Å². The van der Waals surface area contributed by atoms with Crippen molar-refractivity contribution in [1.82, 2.24) is 0 Å². The first-order chi connectivity index (χ1) is 24.1. The smallest absolute Gasteiger partial charge is 0.238 e. The van der Waals surface area contributed by atoms with Gasteiger partial charge in [0.15, 0.2) is 17.3 Å². The molecule has 6 unspecified atom stereocenters. The fourth-order valence-corrected chi connectivity index (χ4v) is 9.35. The van der Waals surface area contributed by atoms with Gasteiger partial charge in [-0.15, -0.1) is 0 Å².